The van der Waals surface area contributed by atoms with Crippen molar-refractivity contribution in [3.8, 4) is 0 Å². The van der Waals surface area contributed by atoms with Crippen molar-refractivity contribution in [1.82, 2.24) is 0 Å². The zero-order valence-corrected chi connectivity index (χ0v) is 15.5. The van der Waals surface area contributed by atoms with E-state index in [1.54, 1.807) is 0 Å². The van der Waals surface area contributed by atoms with Crippen molar-refractivity contribution in [1.29, 1.82) is 0 Å². The second-order valence-electron chi connectivity index (χ2n) is 4.85. The van der Waals surface area contributed by atoms with Gasteiger partial charge in [0.1, 0.15) is 0 Å². The lowest BCUT2D eigenvalue weighted by Gasteiger charge is -2.26. The quantitative estimate of drug-likeness (QED) is 0.781. The van der Waals surface area contributed by atoms with E-state index in [-0.39, 0.29) is 9.76 Å². The van der Waals surface area contributed by atoms with Crippen LogP contribution in [0.2, 0.25) is 12.6 Å². The van der Waals surface area contributed by atoms with Gasteiger partial charge in [-0.15, -0.1) is 0 Å². The van der Waals surface area contributed by atoms with Gasteiger partial charge >= 0.3 is 8.56 Å². The average Bonchev–Trinajstić information content (AvgIpc) is 2.51. The summed E-state index contributed by atoms with van der Waals surface area (Å²) >= 11 is 0. The molecule has 0 bridgehead atoms. The average molecular weight is 313 g/mol. The molecule has 0 radical (unpaired) electrons. The molecule has 1 aliphatic rings. The van der Waals surface area contributed by atoms with Gasteiger partial charge in [0.15, 0.2) is 9.76 Å². The van der Waals surface area contributed by atoms with Gasteiger partial charge in [-0.2, -0.15) is 0 Å². The van der Waals surface area contributed by atoms with E-state index in [2.05, 4.69) is 18.7 Å². The summed E-state index contributed by atoms with van der Waals surface area (Å²) in [6.45, 7) is 8.58. The molecule has 1 aliphatic heterocycles. The van der Waals surface area contributed by atoms with Crippen molar-refractivity contribution >= 4 is 23.5 Å². The van der Waals surface area contributed by atoms with Crippen LogP contribution in [0.1, 0.15) is 26.7 Å². The van der Waals surface area contributed by atoms with Crippen LogP contribution < -0.4 is 5.19 Å². The molecule has 1 aromatic carbocycles. The highest BCUT2D eigenvalue weighted by molar-refractivity contribution is 6.79. The van der Waals surface area contributed by atoms with Gasteiger partial charge < -0.3 is 13.3 Å². The van der Waals surface area contributed by atoms with E-state index in [4.69, 9.17) is 13.3 Å². The largest absolute Gasteiger partial charge is 0.424 e. The molecule has 0 atom stereocenters. The molecule has 5 heteroatoms. The van der Waals surface area contributed by atoms with Crippen molar-refractivity contribution in [2.45, 2.75) is 39.3 Å². The lowest BCUT2D eigenvalue weighted by atomic mass is 10.4. The maximum Gasteiger partial charge on any atom is 0.369 e. The lowest BCUT2D eigenvalue weighted by Crippen LogP contribution is -2.51. The van der Waals surface area contributed by atoms with Crippen LogP contribution in [0.5, 0.6) is 0 Å². The minimum atomic E-state index is -2.13. The molecule has 2 rings (SSSR count). The van der Waals surface area contributed by atoms with Gasteiger partial charge in [-0.25, -0.2) is 0 Å². The first-order valence-corrected chi connectivity index (χ1v) is 11.5. The molecular formula is C15H28O3Si2. The fourth-order valence-corrected chi connectivity index (χ4v) is 5.67. The highest BCUT2D eigenvalue weighted by Crippen LogP contribution is 2.07. The molecule has 0 unspecified atom stereocenters. The zero-order chi connectivity index (χ0) is 14.7. The van der Waals surface area contributed by atoms with E-state index in [0.717, 1.165) is 6.61 Å². The highest BCUT2D eigenvalue weighted by Gasteiger charge is 2.32. The normalized spacial score (nSPS) is 16.6. The third kappa shape index (κ3) is 6.32. The summed E-state index contributed by atoms with van der Waals surface area (Å²) in [5.41, 5.74) is 0. The molecular weight excluding hydrogens is 284 g/mol. The second-order valence-corrected chi connectivity index (χ2v) is 9.42. The third-order valence-electron chi connectivity index (χ3n) is 3.22. The van der Waals surface area contributed by atoms with E-state index in [1.165, 1.54) is 24.1 Å². The Morgan fingerprint density at radius 1 is 1.10 bits per heavy atom. The van der Waals surface area contributed by atoms with Gasteiger partial charge in [-0.3, -0.25) is 0 Å². The summed E-state index contributed by atoms with van der Waals surface area (Å²) in [6, 6.07) is 11.6. The van der Waals surface area contributed by atoms with Crippen molar-refractivity contribution in [3.63, 3.8) is 0 Å². The Kier molecular flexibility index (Phi) is 9.05. The van der Waals surface area contributed by atoms with Crippen LogP contribution in [0.4, 0.5) is 0 Å². The maximum absolute atomic E-state index is 5.77. The SMILES string of the molecule is C1CC[SiH2]OC1.CCO[Si](C)(OCC)c1ccccc1. The zero-order valence-electron chi connectivity index (χ0n) is 13.1. The number of benzene rings is 1. The molecule has 0 saturated carbocycles. The minimum Gasteiger partial charge on any atom is -0.424 e. The summed E-state index contributed by atoms with van der Waals surface area (Å²) < 4.78 is 16.8. The molecule has 3 nitrogen and oxygen atoms in total. The van der Waals surface area contributed by atoms with Gasteiger partial charge in [-0.1, -0.05) is 36.8 Å². The topological polar surface area (TPSA) is 27.7 Å². The molecule has 1 saturated heterocycles. The first-order chi connectivity index (χ1) is 9.73. The Morgan fingerprint density at radius 3 is 2.10 bits per heavy atom. The Bertz CT molecular complexity index is 325. The van der Waals surface area contributed by atoms with Crippen LogP contribution in [0.3, 0.4) is 0 Å². The van der Waals surface area contributed by atoms with Crippen molar-refractivity contribution in [3.05, 3.63) is 30.3 Å². The van der Waals surface area contributed by atoms with Gasteiger partial charge in [0.25, 0.3) is 0 Å². The Morgan fingerprint density at radius 2 is 1.75 bits per heavy atom. The van der Waals surface area contributed by atoms with E-state index in [1.807, 2.05) is 32.0 Å². The summed E-state index contributed by atoms with van der Waals surface area (Å²) in [5.74, 6) is 0. The van der Waals surface area contributed by atoms with Crippen LogP contribution in [0, 0.1) is 0 Å². The Balaban J connectivity index is 0.000000276. The van der Waals surface area contributed by atoms with Crippen molar-refractivity contribution < 1.29 is 13.3 Å². The molecule has 0 aliphatic carbocycles. The van der Waals surface area contributed by atoms with Crippen LogP contribution >= 0.6 is 0 Å². The van der Waals surface area contributed by atoms with Crippen LogP contribution in [-0.4, -0.2) is 38.1 Å². The smallest absolute Gasteiger partial charge is 0.369 e. The standard InChI is InChI=1S/C11H18O2Si.C4H10OSi/c1-4-12-14(3,13-5-2)11-9-7-6-8-10-11;1-2-4-6-5-3-1/h6-10H,4-5H2,1-3H3;1-4,6H2. The molecule has 1 aromatic rings. The third-order valence-corrected chi connectivity index (χ3v) is 7.64. The second kappa shape index (κ2) is 10.3. The molecule has 0 aromatic heterocycles. The summed E-state index contributed by atoms with van der Waals surface area (Å²) in [5, 5.41) is 1.20. The monoisotopic (exact) mass is 312 g/mol. The van der Waals surface area contributed by atoms with Gasteiger partial charge in [0.05, 0.1) is 0 Å². The predicted octanol–water partition coefficient (Wildman–Crippen LogP) is 2.34. The Labute approximate surface area is 126 Å². The van der Waals surface area contributed by atoms with E-state index in [9.17, 15) is 0 Å². The summed E-state index contributed by atoms with van der Waals surface area (Å²) in [4.78, 5) is 0. The molecule has 1 heterocycles. The molecule has 0 spiro atoms. The van der Waals surface area contributed by atoms with Crippen LogP contribution in [-0.2, 0) is 13.3 Å². The maximum atomic E-state index is 5.77. The predicted molar refractivity (Wildman–Crippen MR) is 89.5 cm³/mol. The Hall–Kier alpha value is -0.466. The molecule has 1 fully saturated rings. The number of hydrogen-bond donors (Lipinski definition) is 0. The first-order valence-electron chi connectivity index (χ1n) is 7.64. The number of rotatable bonds is 5. The molecule has 0 amide bonds. The van der Waals surface area contributed by atoms with Gasteiger partial charge in [-0.05, 0) is 38.0 Å². The molecule has 114 valence electrons. The van der Waals surface area contributed by atoms with Crippen molar-refractivity contribution in [2.75, 3.05) is 19.8 Å². The molecule has 0 N–H and O–H groups in total. The fourth-order valence-electron chi connectivity index (χ4n) is 2.19. The summed E-state index contributed by atoms with van der Waals surface area (Å²) in [6.07, 6.45) is 2.75. The first kappa shape index (κ1) is 17.6. The van der Waals surface area contributed by atoms with Gasteiger partial charge in [0.2, 0.25) is 0 Å². The van der Waals surface area contributed by atoms with E-state index in [0.29, 0.717) is 13.2 Å². The van der Waals surface area contributed by atoms with E-state index < -0.39 is 8.56 Å². The lowest BCUT2D eigenvalue weighted by molar-refractivity contribution is 0.202. The summed E-state index contributed by atoms with van der Waals surface area (Å²) in [7, 11) is -2.12. The number of hydrogen-bond acceptors (Lipinski definition) is 3. The van der Waals surface area contributed by atoms with E-state index >= 15 is 0 Å². The van der Waals surface area contributed by atoms with Gasteiger partial charge in [0, 0.05) is 19.8 Å². The molecule has 20 heavy (non-hydrogen) atoms. The minimum absolute atomic E-state index is 0.00849. The highest BCUT2D eigenvalue weighted by atomic mass is 28.4. The van der Waals surface area contributed by atoms with Crippen LogP contribution in [0.25, 0.3) is 0 Å². The van der Waals surface area contributed by atoms with Crippen molar-refractivity contribution in [2.24, 2.45) is 0 Å². The van der Waals surface area contributed by atoms with Crippen LogP contribution in [0.15, 0.2) is 30.3 Å². The fraction of sp³-hybridized carbons (Fsp3) is 0.600.